The molecule has 0 aliphatic rings. The molecule has 0 saturated carbocycles. The van der Waals surface area contributed by atoms with E-state index >= 15 is 0 Å². The fourth-order valence-corrected chi connectivity index (χ4v) is 2.37. The summed E-state index contributed by atoms with van der Waals surface area (Å²) in [5, 5.41) is 0. The van der Waals surface area contributed by atoms with E-state index in [1.165, 1.54) is 6.07 Å². The monoisotopic (exact) mass is 228 g/mol. The van der Waals surface area contributed by atoms with Crippen LogP contribution in [0.1, 0.15) is 18.1 Å². The van der Waals surface area contributed by atoms with E-state index in [-0.39, 0.29) is 4.90 Å². The van der Waals surface area contributed by atoms with Crippen LogP contribution in [0.2, 0.25) is 0 Å². The highest BCUT2D eigenvalue weighted by atomic mass is 32.2. The Hall–Kier alpha value is -1.36. The molecule has 1 aromatic rings. The summed E-state index contributed by atoms with van der Waals surface area (Å²) in [5.41, 5.74) is 1.52. The van der Waals surface area contributed by atoms with Gasteiger partial charge < -0.3 is 4.18 Å². The lowest BCUT2D eigenvalue weighted by atomic mass is 10.2. The molecule has 0 aliphatic carbocycles. The second-order valence-electron chi connectivity index (χ2n) is 3.30. The second-order valence-corrected chi connectivity index (χ2v) is 4.81. The van der Waals surface area contributed by atoms with Crippen molar-refractivity contribution in [3.05, 3.63) is 29.3 Å². The van der Waals surface area contributed by atoms with Gasteiger partial charge in [0.05, 0.1) is 0 Å². The Labute approximate surface area is 89.0 Å². The van der Waals surface area contributed by atoms with Gasteiger partial charge in [-0.1, -0.05) is 17.7 Å². The molecule has 1 aromatic carbocycles. The molecular formula is C10H12O4S. The van der Waals surface area contributed by atoms with Gasteiger partial charge in [0.15, 0.2) is 0 Å². The van der Waals surface area contributed by atoms with Gasteiger partial charge in [-0.25, -0.2) is 0 Å². The molecule has 0 aromatic heterocycles. The highest BCUT2D eigenvalue weighted by molar-refractivity contribution is 7.87. The van der Waals surface area contributed by atoms with Crippen LogP contribution in [0.15, 0.2) is 23.1 Å². The number of rotatable bonds is 2. The standard InChI is InChI=1S/C10H12O4S/c1-7-4-5-10(8(2)6-7)15(12,13)14-9(3)11/h4-6H,1-3H3. The van der Waals surface area contributed by atoms with Crippen LogP contribution in [0.3, 0.4) is 0 Å². The van der Waals surface area contributed by atoms with E-state index in [4.69, 9.17) is 0 Å². The summed E-state index contributed by atoms with van der Waals surface area (Å²) in [6.07, 6.45) is 0. The number of benzene rings is 1. The van der Waals surface area contributed by atoms with Gasteiger partial charge in [-0.05, 0) is 25.5 Å². The van der Waals surface area contributed by atoms with Crippen LogP contribution in [0.5, 0.6) is 0 Å². The maximum atomic E-state index is 11.5. The quantitative estimate of drug-likeness (QED) is 0.721. The molecule has 82 valence electrons. The molecule has 0 atom stereocenters. The molecule has 0 N–H and O–H groups in total. The van der Waals surface area contributed by atoms with Crippen LogP contribution in [-0.4, -0.2) is 14.4 Å². The number of hydrogen-bond acceptors (Lipinski definition) is 4. The molecule has 0 heterocycles. The average molecular weight is 228 g/mol. The molecule has 0 amide bonds. The Morgan fingerprint density at radius 3 is 2.33 bits per heavy atom. The van der Waals surface area contributed by atoms with Crippen LogP contribution >= 0.6 is 0 Å². The molecule has 0 unspecified atom stereocenters. The van der Waals surface area contributed by atoms with Crippen molar-refractivity contribution in [2.24, 2.45) is 0 Å². The lowest BCUT2D eigenvalue weighted by Crippen LogP contribution is -2.11. The Bertz CT molecular complexity index is 488. The van der Waals surface area contributed by atoms with Crippen molar-refractivity contribution >= 4 is 16.1 Å². The molecule has 5 heteroatoms. The minimum atomic E-state index is -3.96. The maximum absolute atomic E-state index is 11.5. The summed E-state index contributed by atoms with van der Waals surface area (Å²) in [7, 11) is -3.96. The number of carbonyl (C=O) groups excluding carboxylic acids is 1. The SMILES string of the molecule is CC(=O)OS(=O)(=O)c1ccc(C)cc1C. The third-order valence-electron chi connectivity index (χ3n) is 1.83. The molecule has 0 spiro atoms. The number of carbonyl (C=O) groups is 1. The van der Waals surface area contributed by atoms with E-state index in [1.54, 1.807) is 19.1 Å². The predicted molar refractivity (Wildman–Crippen MR) is 54.9 cm³/mol. The van der Waals surface area contributed by atoms with Crippen molar-refractivity contribution < 1.29 is 17.4 Å². The van der Waals surface area contributed by atoms with E-state index in [0.717, 1.165) is 12.5 Å². The van der Waals surface area contributed by atoms with Gasteiger partial charge >= 0.3 is 16.1 Å². The zero-order chi connectivity index (χ0) is 11.6. The van der Waals surface area contributed by atoms with Gasteiger partial charge in [0.2, 0.25) is 0 Å². The topological polar surface area (TPSA) is 60.4 Å². The molecule has 0 fully saturated rings. The highest BCUT2D eigenvalue weighted by Crippen LogP contribution is 2.18. The van der Waals surface area contributed by atoms with Crippen LogP contribution in [-0.2, 0) is 19.1 Å². The third-order valence-corrected chi connectivity index (χ3v) is 3.28. The fourth-order valence-electron chi connectivity index (χ4n) is 1.28. The van der Waals surface area contributed by atoms with Crippen LogP contribution in [0.25, 0.3) is 0 Å². The minimum absolute atomic E-state index is 0.0308. The largest absolute Gasteiger partial charge is 0.343 e. The lowest BCUT2D eigenvalue weighted by molar-refractivity contribution is -0.131. The van der Waals surface area contributed by atoms with Crippen molar-refractivity contribution in [2.75, 3.05) is 0 Å². The Morgan fingerprint density at radius 2 is 1.87 bits per heavy atom. The molecule has 0 bridgehead atoms. The average Bonchev–Trinajstić information content (AvgIpc) is 1.99. The summed E-state index contributed by atoms with van der Waals surface area (Å²) in [4.78, 5) is 10.6. The van der Waals surface area contributed by atoms with Gasteiger partial charge in [-0.2, -0.15) is 8.42 Å². The van der Waals surface area contributed by atoms with Crippen LogP contribution < -0.4 is 0 Å². The Morgan fingerprint density at radius 1 is 1.27 bits per heavy atom. The summed E-state index contributed by atoms with van der Waals surface area (Å²) >= 11 is 0. The van der Waals surface area contributed by atoms with Crippen molar-refractivity contribution in [1.82, 2.24) is 0 Å². The summed E-state index contributed by atoms with van der Waals surface area (Å²) in [6.45, 7) is 4.57. The van der Waals surface area contributed by atoms with Gasteiger partial charge in [0.25, 0.3) is 0 Å². The molecule has 0 radical (unpaired) electrons. The smallest absolute Gasteiger partial charge is 0.341 e. The Kier molecular flexibility index (Phi) is 3.14. The first-order valence-corrected chi connectivity index (χ1v) is 5.76. The maximum Gasteiger partial charge on any atom is 0.341 e. The first kappa shape index (κ1) is 11.7. The molecular weight excluding hydrogens is 216 g/mol. The summed E-state index contributed by atoms with van der Waals surface area (Å²) < 4.78 is 27.3. The van der Waals surface area contributed by atoms with E-state index in [9.17, 15) is 13.2 Å². The van der Waals surface area contributed by atoms with Crippen LogP contribution in [0.4, 0.5) is 0 Å². The highest BCUT2D eigenvalue weighted by Gasteiger charge is 2.19. The van der Waals surface area contributed by atoms with Crippen molar-refractivity contribution in [2.45, 2.75) is 25.7 Å². The summed E-state index contributed by atoms with van der Waals surface area (Å²) in [6, 6.07) is 4.81. The normalized spacial score (nSPS) is 11.1. The van der Waals surface area contributed by atoms with E-state index < -0.39 is 16.1 Å². The van der Waals surface area contributed by atoms with E-state index in [0.29, 0.717) is 5.56 Å². The first-order chi connectivity index (χ1) is 6.83. The zero-order valence-electron chi connectivity index (χ0n) is 8.77. The third kappa shape index (κ3) is 2.79. The number of aryl methyl sites for hydroxylation is 2. The van der Waals surface area contributed by atoms with Crippen molar-refractivity contribution in [3.8, 4) is 0 Å². The molecule has 1 rings (SSSR count). The van der Waals surface area contributed by atoms with Crippen LogP contribution in [0, 0.1) is 13.8 Å². The summed E-state index contributed by atoms with van der Waals surface area (Å²) in [5.74, 6) is -0.838. The second kappa shape index (κ2) is 4.02. The van der Waals surface area contributed by atoms with Crippen molar-refractivity contribution in [3.63, 3.8) is 0 Å². The van der Waals surface area contributed by atoms with E-state index in [2.05, 4.69) is 4.18 Å². The molecule has 4 nitrogen and oxygen atoms in total. The van der Waals surface area contributed by atoms with E-state index in [1.807, 2.05) is 6.92 Å². The number of hydrogen-bond donors (Lipinski definition) is 0. The van der Waals surface area contributed by atoms with Gasteiger partial charge in [0, 0.05) is 6.92 Å². The molecule has 0 saturated heterocycles. The Balaban J connectivity index is 3.22. The predicted octanol–water partition coefficient (Wildman–Crippen LogP) is 1.56. The van der Waals surface area contributed by atoms with Gasteiger partial charge in [-0.15, -0.1) is 0 Å². The molecule has 0 aliphatic heterocycles. The first-order valence-electron chi connectivity index (χ1n) is 4.35. The minimum Gasteiger partial charge on any atom is -0.343 e. The molecule has 15 heavy (non-hydrogen) atoms. The van der Waals surface area contributed by atoms with Crippen molar-refractivity contribution in [1.29, 1.82) is 0 Å². The van der Waals surface area contributed by atoms with Gasteiger partial charge in [-0.3, -0.25) is 4.79 Å². The zero-order valence-corrected chi connectivity index (χ0v) is 9.59. The van der Waals surface area contributed by atoms with Gasteiger partial charge in [0.1, 0.15) is 4.90 Å². The lowest BCUT2D eigenvalue weighted by Gasteiger charge is -2.06. The fraction of sp³-hybridized carbons (Fsp3) is 0.300.